The molecular formula is C40H54Cl2F4N2O7. The second-order valence-corrected chi connectivity index (χ2v) is 14.0. The Morgan fingerprint density at radius 3 is 1.18 bits per heavy atom. The van der Waals surface area contributed by atoms with Crippen molar-refractivity contribution in [2.75, 3.05) is 52.5 Å². The van der Waals surface area contributed by atoms with Crippen LogP contribution in [0.2, 0.25) is 0 Å². The average Bonchev–Trinajstić information content (AvgIpc) is 3.82. The number of esters is 2. The molecule has 0 fully saturated rings. The van der Waals surface area contributed by atoms with Gasteiger partial charge in [-0.2, -0.15) is 0 Å². The lowest BCUT2D eigenvalue weighted by Crippen LogP contribution is -2.37. The first-order valence-electron chi connectivity index (χ1n) is 17.4. The zero-order chi connectivity index (χ0) is 38.6. The Morgan fingerprint density at radius 1 is 0.564 bits per heavy atom. The average molecular weight is 822 g/mol. The number of furan rings is 2. The summed E-state index contributed by atoms with van der Waals surface area (Å²) in [5.41, 5.74) is 0.309. The summed E-state index contributed by atoms with van der Waals surface area (Å²) >= 11 is 0. The lowest BCUT2D eigenvalue weighted by atomic mass is 9.94. The molecule has 0 spiro atoms. The molecule has 4 rings (SSSR count). The molecule has 2 aromatic carbocycles. The van der Waals surface area contributed by atoms with Crippen molar-refractivity contribution in [2.24, 2.45) is 10.8 Å². The fraction of sp³-hybridized carbons (Fsp3) is 0.450. The van der Waals surface area contributed by atoms with Gasteiger partial charge in [-0.15, -0.1) is 24.8 Å². The van der Waals surface area contributed by atoms with Crippen molar-refractivity contribution in [1.82, 2.24) is 9.80 Å². The Labute approximate surface area is 333 Å². The second kappa shape index (κ2) is 23.2. The zero-order valence-electron chi connectivity index (χ0n) is 32.6. The molecule has 0 atom stereocenters. The van der Waals surface area contributed by atoms with Gasteiger partial charge in [0.2, 0.25) is 11.5 Å². The minimum absolute atomic E-state index is 0. The van der Waals surface area contributed by atoms with Crippen LogP contribution in [0, 0.1) is 34.1 Å². The van der Waals surface area contributed by atoms with Crippen molar-refractivity contribution in [3.63, 3.8) is 0 Å². The molecule has 0 radical (unpaired) electrons. The standard InChI is InChI=1S/2C20H25F2NO3.2ClH.H2O/c2*1-5-23(6-2)12-20(3,4)13-25-19(24)18-10-9-17(26-18)14-7-8-15(21)16(22)11-14;;;/h2*7-11H,5-6,12-13H2,1-4H3;2*1H;1H2. The van der Waals surface area contributed by atoms with Gasteiger partial charge in [0.05, 0.1) is 13.2 Å². The van der Waals surface area contributed by atoms with Crippen LogP contribution < -0.4 is 0 Å². The Bertz CT molecular complexity index is 1650. The van der Waals surface area contributed by atoms with E-state index in [-0.39, 0.29) is 77.4 Å². The summed E-state index contributed by atoms with van der Waals surface area (Å²) in [6, 6.07) is 12.9. The third kappa shape index (κ3) is 15.6. The minimum Gasteiger partial charge on any atom is -0.459 e. The molecule has 0 aliphatic heterocycles. The molecule has 0 saturated carbocycles. The normalized spacial score (nSPS) is 11.2. The number of benzene rings is 2. The molecule has 0 aliphatic carbocycles. The molecule has 0 bridgehead atoms. The number of halogens is 6. The van der Waals surface area contributed by atoms with Gasteiger partial charge in [-0.05, 0) is 86.8 Å². The van der Waals surface area contributed by atoms with Gasteiger partial charge in [0.1, 0.15) is 11.5 Å². The van der Waals surface area contributed by atoms with Crippen LogP contribution in [0.5, 0.6) is 0 Å². The van der Waals surface area contributed by atoms with E-state index in [9.17, 15) is 27.2 Å². The van der Waals surface area contributed by atoms with Crippen LogP contribution >= 0.6 is 24.8 Å². The molecule has 0 unspecified atom stereocenters. The van der Waals surface area contributed by atoms with Crippen molar-refractivity contribution in [2.45, 2.75) is 55.4 Å². The highest BCUT2D eigenvalue weighted by atomic mass is 35.5. The van der Waals surface area contributed by atoms with E-state index in [1.165, 1.54) is 36.4 Å². The summed E-state index contributed by atoms with van der Waals surface area (Å²) in [5, 5.41) is 0. The summed E-state index contributed by atoms with van der Waals surface area (Å²) in [6.45, 7) is 22.4. The molecule has 0 amide bonds. The van der Waals surface area contributed by atoms with Crippen LogP contribution in [-0.4, -0.2) is 79.7 Å². The van der Waals surface area contributed by atoms with Crippen molar-refractivity contribution in [1.29, 1.82) is 0 Å². The zero-order valence-corrected chi connectivity index (χ0v) is 34.2. The Balaban J connectivity index is 0.00000101. The van der Waals surface area contributed by atoms with Gasteiger partial charge in [-0.1, -0.05) is 55.4 Å². The molecule has 55 heavy (non-hydrogen) atoms. The number of carbonyl (C=O) groups is 2. The Hall–Kier alpha value is -3.88. The predicted octanol–water partition coefficient (Wildman–Crippen LogP) is 9.52. The van der Waals surface area contributed by atoms with Gasteiger partial charge >= 0.3 is 11.9 Å². The van der Waals surface area contributed by atoms with Crippen molar-refractivity contribution < 1.29 is 50.9 Å². The minimum atomic E-state index is -0.971. The first kappa shape index (κ1) is 51.1. The topological polar surface area (TPSA) is 117 Å². The highest BCUT2D eigenvalue weighted by molar-refractivity contribution is 5.87. The lowest BCUT2D eigenvalue weighted by Gasteiger charge is -2.30. The molecule has 0 aliphatic rings. The van der Waals surface area contributed by atoms with E-state index in [0.717, 1.165) is 63.5 Å². The molecule has 0 saturated heterocycles. The van der Waals surface area contributed by atoms with Gasteiger partial charge in [0.25, 0.3) is 0 Å². The number of carbonyl (C=O) groups excluding carboxylic acids is 2. The largest absolute Gasteiger partial charge is 0.459 e. The molecule has 9 nitrogen and oxygen atoms in total. The third-order valence-electron chi connectivity index (χ3n) is 8.30. The summed E-state index contributed by atoms with van der Waals surface area (Å²) in [5.74, 6) is -4.35. The van der Waals surface area contributed by atoms with E-state index in [1.54, 1.807) is 0 Å². The van der Waals surface area contributed by atoms with Crippen LogP contribution in [0.25, 0.3) is 22.6 Å². The maximum atomic E-state index is 13.3. The first-order valence-corrected chi connectivity index (χ1v) is 17.4. The third-order valence-corrected chi connectivity index (χ3v) is 8.30. The number of nitrogens with zero attached hydrogens (tertiary/aromatic N) is 2. The van der Waals surface area contributed by atoms with Gasteiger partial charge in [-0.25, -0.2) is 27.2 Å². The second-order valence-electron chi connectivity index (χ2n) is 14.0. The van der Waals surface area contributed by atoms with Crippen LogP contribution in [0.1, 0.15) is 76.5 Å². The van der Waals surface area contributed by atoms with Gasteiger partial charge in [0, 0.05) is 35.0 Å². The van der Waals surface area contributed by atoms with Crippen molar-refractivity contribution >= 4 is 36.8 Å². The summed E-state index contributed by atoms with van der Waals surface area (Å²) < 4.78 is 74.3. The van der Waals surface area contributed by atoms with E-state index in [2.05, 4.69) is 37.5 Å². The van der Waals surface area contributed by atoms with Gasteiger partial charge in [-0.3, -0.25) is 0 Å². The van der Waals surface area contributed by atoms with Crippen molar-refractivity contribution in [3.05, 3.63) is 95.5 Å². The van der Waals surface area contributed by atoms with E-state index in [0.29, 0.717) is 11.1 Å². The monoisotopic (exact) mass is 820 g/mol. The van der Waals surface area contributed by atoms with Crippen LogP contribution in [0.15, 0.2) is 69.5 Å². The molecule has 308 valence electrons. The first-order chi connectivity index (χ1) is 24.5. The number of ether oxygens (including phenoxy) is 2. The predicted molar refractivity (Wildman–Crippen MR) is 210 cm³/mol. The number of hydrogen-bond donors (Lipinski definition) is 0. The molecule has 15 heteroatoms. The number of hydrogen-bond acceptors (Lipinski definition) is 8. The lowest BCUT2D eigenvalue weighted by molar-refractivity contribution is 0.0238. The highest BCUT2D eigenvalue weighted by Crippen LogP contribution is 2.27. The molecule has 4 aromatic rings. The number of rotatable bonds is 16. The van der Waals surface area contributed by atoms with Gasteiger partial charge < -0.3 is 33.6 Å². The smallest absolute Gasteiger partial charge is 0.374 e. The summed E-state index contributed by atoms with van der Waals surface area (Å²) in [6.07, 6.45) is 0. The highest BCUT2D eigenvalue weighted by Gasteiger charge is 2.26. The van der Waals surface area contributed by atoms with E-state index < -0.39 is 35.2 Å². The molecule has 2 aromatic heterocycles. The van der Waals surface area contributed by atoms with E-state index >= 15 is 0 Å². The molecule has 2 N–H and O–H groups in total. The fourth-order valence-electron chi connectivity index (χ4n) is 5.36. The SMILES string of the molecule is CCN(CC)CC(C)(C)COC(=O)c1ccc(-c2ccc(F)c(F)c2)o1.CCN(CC)CC(C)(C)COC(=O)c1ccc(-c2ccc(F)c(F)c2)o1.Cl.Cl.O. The summed E-state index contributed by atoms with van der Waals surface area (Å²) in [4.78, 5) is 29.0. The van der Waals surface area contributed by atoms with E-state index in [4.69, 9.17) is 18.3 Å². The van der Waals surface area contributed by atoms with Crippen molar-refractivity contribution in [3.8, 4) is 22.6 Å². The summed E-state index contributed by atoms with van der Waals surface area (Å²) in [7, 11) is 0. The van der Waals surface area contributed by atoms with E-state index in [1.807, 2.05) is 27.7 Å². The molecular weight excluding hydrogens is 767 g/mol. The quantitative estimate of drug-likeness (QED) is 0.0811. The Kier molecular flexibility index (Phi) is 21.6. The maximum absolute atomic E-state index is 13.3. The van der Waals surface area contributed by atoms with Crippen LogP contribution in [0.4, 0.5) is 17.6 Å². The Morgan fingerprint density at radius 2 is 0.891 bits per heavy atom. The van der Waals surface area contributed by atoms with Crippen LogP contribution in [0.3, 0.4) is 0 Å². The molecule has 2 heterocycles. The van der Waals surface area contributed by atoms with Crippen LogP contribution in [-0.2, 0) is 9.47 Å². The fourth-order valence-corrected chi connectivity index (χ4v) is 5.36. The maximum Gasteiger partial charge on any atom is 0.374 e. The van der Waals surface area contributed by atoms with Gasteiger partial charge in [0.15, 0.2) is 23.3 Å².